The Labute approximate surface area is 160 Å². The first kappa shape index (κ1) is 20.3. The number of hydrogen-bond donors (Lipinski definition) is 2. The molecule has 27 heavy (non-hydrogen) atoms. The molecule has 0 bridgehead atoms. The van der Waals surface area contributed by atoms with Gasteiger partial charge in [0.15, 0.2) is 0 Å². The van der Waals surface area contributed by atoms with Crippen LogP contribution in [0.4, 0.5) is 4.79 Å². The lowest BCUT2D eigenvalue weighted by Gasteiger charge is -2.21. The highest BCUT2D eigenvalue weighted by molar-refractivity contribution is 5.67. The zero-order valence-corrected chi connectivity index (χ0v) is 16.0. The van der Waals surface area contributed by atoms with E-state index in [-0.39, 0.29) is 11.7 Å². The first-order valence-corrected chi connectivity index (χ1v) is 9.01. The summed E-state index contributed by atoms with van der Waals surface area (Å²) in [5.41, 5.74) is 2.21. The van der Waals surface area contributed by atoms with Crippen LogP contribution in [0.25, 0.3) is 0 Å². The van der Waals surface area contributed by atoms with Crippen LogP contribution in [0.15, 0.2) is 48.5 Å². The number of rotatable bonds is 6. The van der Waals surface area contributed by atoms with Crippen molar-refractivity contribution in [2.24, 2.45) is 0 Å². The molecule has 142 valence electrons. The summed E-state index contributed by atoms with van der Waals surface area (Å²) in [5, 5.41) is 21.4. The Kier molecular flexibility index (Phi) is 6.84. The topological polar surface area (TPSA) is 82.3 Å². The van der Waals surface area contributed by atoms with Gasteiger partial charge >= 0.3 is 6.09 Å². The molecule has 0 heterocycles. The first-order chi connectivity index (χ1) is 12.8. The van der Waals surface area contributed by atoms with Gasteiger partial charge in [-0.2, -0.15) is 5.26 Å². The summed E-state index contributed by atoms with van der Waals surface area (Å²) in [7, 11) is 0. The minimum atomic E-state index is -0.531. The smallest absolute Gasteiger partial charge is 0.407 e. The molecule has 0 saturated heterocycles. The van der Waals surface area contributed by atoms with E-state index in [0.717, 1.165) is 17.5 Å². The van der Waals surface area contributed by atoms with Gasteiger partial charge in [0, 0.05) is 6.54 Å². The van der Waals surface area contributed by atoms with Crippen LogP contribution in [0.3, 0.4) is 0 Å². The molecule has 2 rings (SSSR count). The molecule has 2 aromatic rings. The molecule has 1 atom stereocenters. The number of hydrogen-bond acceptors (Lipinski definition) is 4. The van der Waals surface area contributed by atoms with Gasteiger partial charge in [-0.15, -0.1) is 0 Å². The molecular formula is C22H26N2O3. The van der Waals surface area contributed by atoms with Gasteiger partial charge in [0.25, 0.3) is 0 Å². The number of carbonyl (C=O) groups excluding carboxylic acids is 1. The van der Waals surface area contributed by atoms with E-state index in [4.69, 9.17) is 10.00 Å². The van der Waals surface area contributed by atoms with Crippen LogP contribution >= 0.6 is 0 Å². The lowest BCUT2D eigenvalue weighted by Crippen LogP contribution is -2.33. The van der Waals surface area contributed by atoms with Crippen LogP contribution in [0, 0.1) is 11.3 Å². The second-order valence-corrected chi connectivity index (χ2v) is 7.52. The number of carbonyl (C=O) groups is 1. The molecule has 2 aromatic carbocycles. The Morgan fingerprint density at radius 2 is 1.93 bits per heavy atom. The van der Waals surface area contributed by atoms with E-state index >= 15 is 0 Å². The summed E-state index contributed by atoms with van der Waals surface area (Å²) in [6, 6.07) is 16.8. The fraction of sp³-hybridized carbons (Fsp3) is 0.364. The Morgan fingerprint density at radius 1 is 1.22 bits per heavy atom. The summed E-state index contributed by atoms with van der Waals surface area (Å²) >= 11 is 0. The highest BCUT2D eigenvalue weighted by atomic mass is 16.6. The van der Waals surface area contributed by atoms with Gasteiger partial charge < -0.3 is 15.2 Å². The van der Waals surface area contributed by atoms with Gasteiger partial charge in [0.05, 0.1) is 11.6 Å². The maximum Gasteiger partial charge on any atom is 0.407 e. The Hall–Kier alpha value is -3.00. The van der Waals surface area contributed by atoms with Crippen LogP contribution in [-0.2, 0) is 11.2 Å². The van der Waals surface area contributed by atoms with Crippen molar-refractivity contribution in [3.05, 3.63) is 65.2 Å². The molecule has 5 heteroatoms. The number of alkyl carbamates (subject to hydrolysis) is 1. The molecule has 0 spiro atoms. The summed E-state index contributed by atoms with van der Waals surface area (Å²) in [6.45, 7) is 5.95. The van der Waals surface area contributed by atoms with Crippen molar-refractivity contribution in [2.75, 3.05) is 6.54 Å². The number of nitriles is 1. The monoisotopic (exact) mass is 366 g/mol. The van der Waals surface area contributed by atoms with Crippen molar-refractivity contribution >= 4 is 6.09 Å². The molecule has 0 radical (unpaired) electrons. The number of amides is 1. The van der Waals surface area contributed by atoms with Gasteiger partial charge in [-0.05, 0) is 74.9 Å². The van der Waals surface area contributed by atoms with E-state index in [2.05, 4.69) is 11.4 Å². The quantitative estimate of drug-likeness (QED) is 0.788. The van der Waals surface area contributed by atoms with Crippen LogP contribution in [0.1, 0.15) is 49.8 Å². The molecule has 1 unspecified atom stereocenters. The molecule has 0 aromatic heterocycles. The largest absolute Gasteiger partial charge is 0.508 e. The van der Waals surface area contributed by atoms with Crippen LogP contribution in [-0.4, -0.2) is 23.3 Å². The number of benzene rings is 2. The van der Waals surface area contributed by atoms with Crippen molar-refractivity contribution in [1.29, 1.82) is 5.26 Å². The molecule has 0 aliphatic carbocycles. The molecule has 0 aliphatic heterocycles. The van der Waals surface area contributed by atoms with Crippen molar-refractivity contribution in [3.63, 3.8) is 0 Å². The van der Waals surface area contributed by atoms with Crippen LogP contribution < -0.4 is 5.32 Å². The first-order valence-electron chi connectivity index (χ1n) is 9.01. The van der Waals surface area contributed by atoms with Crippen molar-refractivity contribution in [1.82, 2.24) is 5.32 Å². The predicted octanol–water partition coefficient (Wildman–Crippen LogP) is 4.50. The fourth-order valence-electron chi connectivity index (χ4n) is 2.83. The van der Waals surface area contributed by atoms with Crippen molar-refractivity contribution in [2.45, 2.75) is 45.1 Å². The summed E-state index contributed by atoms with van der Waals surface area (Å²) in [5.74, 6) is 0.353. The fourth-order valence-corrected chi connectivity index (χ4v) is 2.83. The summed E-state index contributed by atoms with van der Waals surface area (Å²) in [6.07, 6.45) is 1.01. The maximum atomic E-state index is 11.9. The average Bonchev–Trinajstić information content (AvgIpc) is 2.61. The minimum absolute atomic E-state index is 0.123. The van der Waals surface area contributed by atoms with E-state index in [1.54, 1.807) is 18.2 Å². The highest BCUT2D eigenvalue weighted by Crippen LogP contribution is 2.26. The second kappa shape index (κ2) is 9.09. The third-order valence-corrected chi connectivity index (χ3v) is 4.07. The molecule has 2 N–H and O–H groups in total. The van der Waals surface area contributed by atoms with Crippen LogP contribution in [0.5, 0.6) is 5.75 Å². The van der Waals surface area contributed by atoms with Gasteiger partial charge in [-0.25, -0.2) is 4.79 Å². The van der Waals surface area contributed by atoms with Gasteiger partial charge in [0.1, 0.15) is 11.4 Å². The van der Waals surface area contributed by atoms with Crippen molar-refractivity contribution in [3.8, 4) is 11.8 Å². The van der Waals surface area contributed by atoms with E-state index in [1.165, 1.54) is 0 Å². The highest BCUT2D eigenvalue weighted by Gasteiger charge is 2.17. The Bertz CT molecular complexity index is 802. The van der Waals surface area contributed by atoms with Crippen LogP contribution in [0.2, 0.25) is 0 Å². The number of nitrogens with one attached hydrogen (secondary N) is 1. The molecule has 0 fully saturated rings. The zero-order chi connectivity index (χ0) is 19.9. The van der Waals surface area contributed by atoms with E-state index in [0.29, 0.717) is 18.5 Å². The number of aromatic hydroxyl groups is 1. The zero-order valence-electron chi connectivity index (χ0n) is 16.0. The minimum Gasteiger partial charge on any atom is -0.508 e. The molecule has 0 aliphatic rings. The summed E-state index contributed by atoms with van der Waals surface area (Å²) in [4.78, 5) is 11.9. The normalized spacial score (nSPS) is 12.1. The lowest BCUT2D eigenvalue weighted by molar-refractivity contribution is 0.0526. The van der Waals surface area contributed by atoms with E-state index in [9.17, 15) is 9.90 Å². The maximum absolute atomic E-state index is 11.9. The number of nitrogens with zero attached hydrogens (tertiary/aromatic N) is 1. The third kappa shape index (κ3) is 7.02. The molecular weight excluding hydrogens is 340 g/mol. The predicted molar refractivity (Wildman–Crippen MR) is 105 cm³/mol. The number of phenolic OH excluding ortho intramolecular Hbond substituents is 1. The Balaban J connectivity index is 2.08. The van der Waals surface area contributed by atoms with Gasteiger partial charge in [-0.1, -0.05) is 24.3 Å². The second-order valence-electron chi connectivity index (χ2n) is 7.52. The number of phenols is 1. The summed E-state index contributed by atoms with van der Waals surface area (Å²) < 4.78 is 5.27. The molecule has 1 amide bonds. The van der Waals surface area contributed by atoms with E-state index in [1.807, 2.05) is 51.1 Å². The van der Waals surface area contributed by atoms with Crippen molar-refractivity contribution < 1.29 is 14.6 Å². The average molecular weight is 366 g/mol. The SMILES string of the molecule is CC(C)(C)OC(=O)NCCC(Cc1ccc(O)cc1)c1cccc(C#N)c1. The molecule has 0 saturated carbocycles. The van der Waals surface area contributed by atoms with Gasteiger partial charge in [-0.3, -0.25) is 0 Å². The van der Waals surface area contributed by atoms with E-state index < -0.39 is 11.7 Å². The molecule has 5 nitrogen and oxygen atoms in total. The number of ether oxygens (including phenoxy) is 1. The lowest BCUT2D eigenvalue weighted by atomic mass is 9.88. The third-order valence-electron chi connectivity index (χ3n) is 4.07. The Morgan fingerprint density at radius 3 is 2.56 bits per heavy atom. The van der Waals surface area contributed by atoms with Gasteiger partial charge in [0.2, 0.25) is 0 Å². The standard InChI is InChI=1S/C22H26N2O3/c1-22(2,3)27-21(26)24-12-11-19(13-16-7-9-20(25)10-8-16)18-6-4-5-17(14-18)15-23/h4-10,14,19,25H,11-13H2,1-3H3,(H,24,26).